The summed E-state index contributed by atoms with van der Waals surface area (Å²) >= 11 is 2.45. The maximum Gasteiger partial charge on any atom is 0.202 e. The minimum Gasteiger partial charge on any atom is -0.384 e. The van der Waals surface area contributed by atoms with Crippen LogP contribution >= 0.6 is 47.4 Å². The first kappa shape index (κ1) is 24.0. The SMILES string of the molecule is CCc1cc(I)c2c(c1)C(NCCCNc1nc3ncccc3[nH]1)CCN2.Cl.Cl. The number of hydrogen-bond donors (Lipinski definition) is 4. The first-order valence-corrected chi connectivity index (χ1v) is 10.7. The van der Waals surface area contributed by atoms with Crippen LogP contribution in [-0.2, 0) is 6.42 Å². The zero-order valence-electron chi connectivity index (χ0n) is 16.3. The molecule has 0 fully saturated rings. The molecule has 1 aromatic carbocycles. The lowest BCUT2D eigenvalue weighted by atomic mass is 9.95. The number of imidazole rings is 1. The molecule has 1 aliphatic rings. The quantitative estimate of drug-likeness (QED) is 0.249. The fourth-order valence-electron chi connectivity index (χ4n) is 3.56. The van der Waals surface area contributed by atoms with Crippen LogP contribution in [0.4, 0.5) is 11.6 Å². The van der Waals surface area contributed by atoms with Crippen molar-refractivity contribution in [1.82, 2.24) is 20.3 Å². The maximum absolute atomic E-state index is 4.45. The molecule has 3 aromatic rings. The molecule has 0 saturated carbocycles. The zero-order chi connectivity index (χ0) is 18.6. The van der Waals surface area contributed by atoms with Gasteiger partial charge in [0.05, 0.1) is 11.2 Å². The zero-order valence-corrected chi connectivity index (χ0v) is 20.1. The van der Waals surface area contributed by atoms with Gasteiger partial charge in [-0.15, -0.1) is 24.8 Å². The number of benzene rings is 1. The summed E-state index contributed by atoms with van der Waals surface area (Å²) in [4.78, 5) is 12.0. The van der Waals surface area contributed by atoms with E-state index in [0.717, 1.165) is 56.0 Å². The number of aromatic nitrogens is 3. The minimum atomic E-state index is 0. The largest absolute Gasteiger partial charge is 0.384 e. The van der Waals surface area contributed by atoms with Crippen molar-refractivity contribution < 1.29 is 0 Å². The Morgan fingerprint density at radius 3 is 2.90 bits per heavy atom. The van der Waals surface area contributed by atoms with E-state index in [1.807, 2.05) is 12.1 Å². The number of anilines is 2. The molecular weight excluding hydrogens is 522 g/mol. The van der Waals surface area contributed by atoms with Gasteiger partial charge in [-0.25, -0.2) is 4.98 Å². The fraction of sp³-hybridized carbons (Fsp3) is 0.400. The Morgan fingerprint density at radius 2 is 2.10 bits per heavy atom. The molecule has 3 heterocycles. The molecule has 9 heteroatoms. The number of fused-ring (bicyclic) bond motifs is 2. The molecule has 0 saturated heterocycles. The predicted molar refractivity (Wildman–Crippen MR) is 134 cm³/mol. The Kier molecular flexibility index (Phi) is 9.26. The highest BCUT2D eigenvalue weighted by Gasteiger charge is 2.21. The van der Waals surface area contributed by atoms with E-state index in [2.05, 4.69) is 72.5 Å². The van der Waals surface area contributed by atoms with Gasteiger partial charge < -0.3 is 20.9 Å². The summed E-state index contributed by atoms with van der Waals surface area (Å²) in [7, 11) is 0. The summed E-state index contributed by atoms with van der Waals surface area (Å²) in [6.45, 7) is 5.09. The predicted octanol–water partition coefficient (Wildman–Crippen LogP) is 4.92. The first-order valence-electron chi connectivity index (χ1n) is 9.58. The molecular formula is C20H27Cl2IN6. The van der Waals surface area contributed by atoms with Gasteiger partial charge in [0.15, 0.2) is 5.65 Å². The van der Waals surface area contributed by atoms with Crippen LogP contribution < -0.4 is 16.0 Å². The van der Waals surface area contributed by atoms with E-state index in [0.29, 0.717) is 6.04 Å². The number of nitrogens with one attached hydrogen (secondary N) is 4. The van der Waals surface area contributed by atoms with Gasteiger partial charge in [-0.1, -0.05) is 13.0 Å². The Morgan fingerprint density at radius 1 is 1.24 bits per heavy atom. The van der Waals surface area contributed by atoms with Crippen LogP contribution in [0.25, 0.3) is 11.2 Å². The third-order valence-corrected chi connectivity index (χ3v) is 5.84. The van der Waals surface area contributed by atoms with Crippen molar-refractivity contribution >= 4 is 70.2 Å². The highest BCUT2D eigenvalue weighted by Crippen LogP contribution is 2.34. The van der Waals surface area contributed by atoms with E-state index >= 15 is 0 Å². The monoisotopic (exact) mass is 548 g/mol. The normalized spacial score (nSPS) is 15.0. The summed E-state index contributed by atoms with van der Waals surface area (Å²) in [6.07, 6.45) is 5.00. The Labute approximate surface area is 197 Å². The van der Waals surface area contributed by atoms with E-state index < -0.39 is 0 Å². The molecule has 1 atom stereocenters. The second kappa shape index (κ2) is 11.2. The van der Waals surface area contributed by atoms with E-state index in [4.69, 9.17) is 0 Å². The second-order valence-corrected chi connectivity index (χ2v) is 8.02. The first-order chi connectivity index (χ1) is 13.2. The topological polar surface area (TPSA) is 77.7 Å². The second-order valence-electron chi connectivity index (χ2n) is 6.86. The molecule has 4 N–H and O–H groups in total. The third kappa shape index (κ3) is 5.65. The van der Waals surface area contributed by atoms with Gasteiger partial charge >= 0.3 is 0 Å². The van der Waals surface area contributed by atoms with E-state index in [-0.39, 0.29) is 24.8 Å². The summed E-state index contributed by atoms with van der Waals surface area (Å²) in [5.41, 5.74) is 5.86. The van der Waals surface area contributed by atoms with Crippen molar-refractivity contribution in [1.29, 1.82) is 0 Å². The van der Waals surface area contributed by atoms with Crippen molar-refractivity contribution in [2.75, 3.05) is 30.3 Å². The molecule has 0 bridgehead atoms. The standard InChI is InChI=1S/C20H25IN6.2ClH/c1-2-13-11-14-16(6-10-23-18(14)15(21)12-13)22-8-4-9-25-20-26-17-5-3-7-24-19(17)27-20;;/h3,5,7,11-12,16,22-23H,2,4,6,8-10H2,1H3,(H2,24,25,26,27);2*1H. The molecule has 0 amide bonds. The lowest BCUT2D eigenvalue weighted by Crippen LogP contribution is -2.30. The maximum atomic E-state index is 4.45. The highest BCUT2D eigenvalue weighted by atomic mass is 127. The number of rotatable bonds is 7. The van der Waals surface area contributed by atoms with Crippen LogP contribution in [0.1, 0.15) is 36.9 Å². The van der Waals surface area contributed by atoms with Crippen molar-refractivity contribution in [3.63, 3.8) is 0 Å². The molecule has 6 nitrogen and oxygen atoms in total. The number of aryl methyl sites for hydroxylation is 1. The average molecular weight is 549 g/mol. The number of hydrogen-bond acceptors (Lipinski definition) is 5. The number of aromatic amines is 1. The summed E-state index contributed by atoms with van der Waals surface area (Å²) in [5.74, 6) is 0.790. The van der Waals surface area contributed by atoms with Crippen molar-refractivity contribution in [3.8, 4) is 0 Å². The van der Waals surface area contributed by atoms with Crippen LogP contribution in [0.2, 0.25) is 0 Å². The molecule has 4 rings (SSSR count). The minimum absolute atomic E-state index is 0. The summed E-state index contributed by atoms with van der Waals surface area (Å²) in [6, 6.07) is 8.98. The molecule has 1 unspecified atom stereocenters. The van der Waals surface area contributed by atoms with Gasteiger partial charge in [-0.2, -0.15) is 4.98 Å². The molecule has 158 valence electrons. The molecule has 0 radical (unpaired) electrons. The molecule has 29 heavy (non-hydrogen) atoms. The average Bonchev–Trinajstić information content (AvgIpc) is 3.10. The van der Waals surface area contributed by atoms with Crippen LogP contribution in [0.15, 0.2) is 30.5 Å². The van der Waals surface area contributed by atoms with Gasteiger partial charge in [0, 0.05) is 28.9 Å². The van der Waals surface area contributed by atoms with Crippen LogP contribution in [0.5, 0.6) is 0 Å². The van der Waals surface area contributed by atoms with E-state index in [1.165, 1.54) is 20.4 Å². The number of nitrogens with zero attached hydrogens (tertiary/aromatic N) is 2. The Hall–Kier alpha value is -1.29. The highest BCUT2D eigenvalue weighted by molar-refractivity contribution is 14.1. The van der Waals surface area contributed by atoms with Crippen molar-refractivity contribution in [2.24, 2.45) is 0 Å². The van der Waals surface area contributed by atoms with Gasteiger partial charge in [0.1, 0.15) is 0 Å². The number of pyridine rings is 1. The molecule has 0 aliphatic carbocycles. The molecule has 2 aromatic heterocycles. The summed E-state index contributed by atoms with van der Waals surface area (Å²) in [5, 5.41) is 10.7. The Bertz CT molecular complexity index is 899. The molecule has 1 aliphatic heterocycles. The van der Waals surface area contributed by atoms with Gasteiger partial charge in [-0.3, -0.25) is 0 Å². The van der Waals surface area contributed by atoms with Gasteiger partial charge in [0.2, 0.25) is 5.95 Å². The summed E-state index contributed by atoms with van der Waals surface area (Å²) < 4.78 is 1.33. The van der Waals surface area contributed by atoms with Crippen LogP contribution in [0.3, 0.4) is 0 Å². The van der Waals surface area contributed by atoms with E-state index in [1.54, 1.807) is 6.20 Å². The van der Waals surface area contributed by atoms with Gasteiger partial charge in [-0.05, 0) is 77.7 Å². The van der Waals surface area contributed by atoms with Crippen molar-refractivity contribution in [2.45, 2.75) is 32.2 Å². The Balaban J connectivity index is 0.00000150. The number of halogens is 3. The number of H-pyrrole nitrogens is 1. The van der Waals surface area contributed by atoms with Crippen molar-refractivity contribution in [3.05, 3.63) is 45.2 Å². The van der Waals surface area contributed by atoms with Crippen LogP contribution in [0, 0.1) is 3.57 Å². The van der Waals surface area contributed by atoms with Crippen LogP contribution in [-0.4, -0.2) is 34.6 Å². The van der Waals surface area contributed by atoms with E-state index in [9.17, 15) is 0 Å². The van der Waals surface area contributed by atoms with Gasteiger partial charge in [0.25, 0.3) is 0 Å². The smallest absolute Gasteiger partial charge is 0.202 e. The fourth-order valence-corrected chi connectivity index (χ4v) is 4.46. The lowest BCUT2D eigenvalue weighted by Gasteiger charge is -2.29. The lowest BCUT2D eigenvalue weighted by molar-refractivity contribution is 0.497. The third-order valence-electron chi connectivity index (χ3n) is 4.99. The molecule has 0 spiro atoms.